The van der Waals surface area contributed by atoms with Gasteiger partial charge in [0.05, 0.1) is 13.0 Å². The molecule has 0 radical (unpaired) electrons. The predicted octanol–water partition coefficient (Wildman–Crippen LogP) is 1.37. The van der Waals surface area contributed by atoms with Crippen molar-refractivity contribution < 1.29 is 17.9 Å². The SMILES string of the molecule is CCOCCNC(=O)Cc1ccc(S(=O)(=O)Cl)s1. The second-order valence-corrected chi connectivity index (χ2v) is 7.34. The first-order chi connectivity index (χ1) is 8.43. The van der Waals surface area contributed by atoms with Gasteiger partial charge in [-0.1, -0.05) is 0 Å². The minimum atomic E-state index is -3.70. The molecule has 0 aliphatic rings. The van der Waals surface area contributed by atoms with Gasteiger partial charge in [0.25, 0.3) is 9.05 Å². The molecule has 5 nitrogen and oxygen atoms in total. The van der Waals surface area contributed by atoms with Crippen molar-refractivity contribution in [1.82, 2.24) is 5.32 Å². The van der Waals surface area contributed by atoms with E-state index in [2.05, 4.69) is 5.32 Å². The van der Waals surface area contributed by atoms with Crippen LogP contribution in [0.4, 0.5) is 0 Å². The minimum Gasteiger partial charge on any atom is -0.380 e. The first kappa shape index (κ1) is 15.4. The lowest BCUT2D eigenvalue weighted by Gasteiger charge is -2.03. The van der Waals surface area contributed by atoms with Gasteiger partial charge in [-0.05, 0) is 19.1 Å². The quantitative estimate of drug-likeness (QED) is 0.610. The van der Waals surface area contributed by atoms with Crippen molar-refractivity contribution in [3.63, 3.8) is 0 Å². The third-order valence-electron chi connectivity index (χ3n) is 1.98. The number of rotatable bonds is 7. The van der Waals surface area contributed by atoms with Gasteiger partial charge in [-0.3, -0.25) is 4.79 Å². The van der Waals surface area contributed by atoms with Crippen LogP contribution in [0.15, 0.2) is 16.3 Å². The van der Waals surface area contributed by atoms with E-state index >= 15 is 0 Å². The maximum atomic E-state index is 11.5. The molecule has 0 aromatic carbocycles. The number of nitrogens with one attached hydrogen (secondary N) is 1. The number of carbonyl (C=O) groups is 1. The van der Waals surface area contributed by atoms with Crippen molar-refractivity contribution in [2.45, 2.75) is 17.6 Å². The summed E-state index contributed by atoms with van der Waals surface area (Å²) in [5.74, 6) is -0.171. The highest BCUT2D eigenvalue weighted by Crippen LogP contribution is 2.24. The fraction of sp³-hybridized carbons (Fsp3) is 0.500. The summed E-state index contributed by atoms with van der Waals surface area (Å²) in [6, 6.07) is 2.98. The van der Waals surface area contributed by atoms with Crippen LogP contribution < -0.4 is 5.32 Å². The van der Waals surface area contributed by atoms with Crippen molar-refractivity contribution in [2.75, 3.05) is 19.8 Å². The van der Waals surface area contributed by atoms with Crippen LogP contribution in [0.1, 0.15) is 11.8 Å². The zero-order valence-corrected chi connectivity index (χ0v) is 12.2. The van der Waals surface area contributed by atoms with E-state index in [1.54, 1.807) is 6.07 Å². The molecule has 1 N–H and O–H groups in total. The molecule has 0 spiro atoms. The Bertz CT molecular complexity index is 498. The fourth-order valence-corrected chi connectivity index (χ4v) is 3.33. The molecular weight excluding hydrogens is 298 g/mol. The van der Waals surface area contributed by atoms with Crippen LogP contribution in [0.25, 0.3) is 0 Å². The average Bonchev–Trinajstić information content (AvgIpc) is 2.72. The van der Waals surface area contributed by atoms with E-state index in [0.29, 0.717) is 24.6 Å². The highest BCUT2D eigenvalue weighted by Gasteiger charge is 2.14. The Morgan fingerprint density at radius 2 is 2.22 bits per heavy atom. The van der Waals surface area contributed by atoms with Crippen molar-refractivity contribution >= 4 is 37.0 Å². The lowest BCUT2D eigenvalue weighted by atomic mass is 10.3. The Morgan fingerprint density at radius 1 is 1.50 bits per heavy atom. The lowest BCUT2D eigenvalue weighted by Crippen LogP contribution is -2.28. The predicted molar refractivity (Wildman–Crippen MR) is 70.6 cm³/mol. The standard InChI is InChI=1S/C10H14ClNO4S2/c1-2-16-6-5-12-9(13)7-8-3-4-10(17-8)18(11,14)15/h3-4H,2,5-7H2,1H3,(H,12,13). The van der Waals surface area contributed by atoms with Gasteiger partial charge < -0.3 is 10.1 Å². The summed E-state index contributed by atoms with van der Waals surface area (Å²) >= 11 is 1.000. The molecule has 0 saturated heterocycles. The van der Waals surface area contributed by atoms with Crippen molar-refractivity contribution in [3.8, 4) is 0 Å². The van der Waals surface area contributed by atoms with Gasteiger partial charge in [-0.2, -0.15) is 0 Å². The maximum absolute atomic E-state index is 11.5. The van der Waals surface area contributed by atoms with E-state index in [4.69, 9.17) is 15.4 Å². The largest absolute Gasteiger partial charge is 0.380 e. The van der Waals surface area contributed by atoms with Gasteiger partial charge in [-0.15, -0.1) is 11.3 Å². The molecule has 102 valence electrons. The van der Waals surface area contributed by atoms with E-state index < -0.39 is 9.05 Å². The molecular formula is C10H14ClNO4S2. The summed E-state index contributed by atoms with van der Waals surface area (Å²) < 4.78 is 27.2. The molecule has 0 atom stereocenters. The van der Waals surface area contributed by atoms with Crippen LogP contribution in [0.5, 0.6) is 0 Å². The Hall–Kier alpha value is -0.630. The summed E-state index contributed by atoms with van der Waals surface area (Å²) in [5, 5.41) is 2.67. The Morgan fingerprint density at radius 3 is 2.78 bits per heavy atom. The van der Waals surface area contributed by atoms with Crippen LogP contribution in [0.3, 0.4) is 0 Å². The molecule has 1 aromatic heterocycles. The number of carbonyl (C=O) groups excluding carboxylic acids is 1. The Labute approximate surface area is 115 Å². The molecule has 0 aliphatic carbocycles. The summed E-state index contributed by atoms with van der Waals surface area (Å²) in [7, 11) is 1.49. The first-order valence-corrected chi connectivity index (χ1v) is 8.44. The minimum absolute atomic E-state index is 0.0567. The summed E-state index contributed by atoms with van der Waals surface area (Å²) in [4.78, 5) is 12.1. The van der Waals surface area contributed by atoms with E-state index in [9.17, 15) is 13.2 Å². The Kier molecular flexibility index (Phi) is 6.07. The molecule has 1 heterocycles. The monoisotopic (exact) mass is 311 g/mol. The van der Waals surface area contributed by atoms with Crippen LogP contribution in [-0.2, 0) is 25.0 Å². The maximum Gasteiger partial charge on any atom is 0.270 e. The van der Waals surface area contributed by atoms with Gasteiger partial charge in [0, 0.05) is 28.7 Å². The molecule has 0 fully saturated rings. The van der Waals surface area contributed by atoms with E-state index in [1.165, 1.54) is 6.07 Å². The second-order valence-electron chi connectivity index (χ2n) is 3.38. The highest BCUT2D eigenvalue weighted by molar-refractivity contribution is 8.15. The zero-order valence-electron chi connectivity index (χ0n) is 9.81. The number of halogens is 1. The van der Waals surface area contributed by atoms with Gasteiger partial charge in [0.15, 0.2) is 0 Å². The second kappa shape index (κ2) is 7.08. The van der Waals surface area contributed by atoms with Crippen molar-refractivity contribution in [3.05, 3.63) is 17.0 Å². The topological polar surface area (TPSA) is 72.5 Å². The lowest BCUT2D eigenvalue weighted by molar-refractivity contribution is -0.120. The zero-order chi connectivity index (χ0) is 13.6. The fourth-order valence-electron chi connectivity index (χ4n) is 1.21. The Balaban J connectivity index is 2.43. The number of hydrogen-bond donors (Lipinski definition) is 1. The number of amides is 1. The van der Waals surface area contributed by atoms with Crippen LogP contribution in [-0.4, -0.2) is 34.1 Å². The smallest absolute Gasteiger partial charge is 0.270 e. The molecule has 18 heavy (non-hydrogen) atoms. The van der Waals surface area contributed by atoms with Crippen LogP contribution in [0.2, 0.25) is 0 Å². The number of hydrogen-bond acceptors (Lipinski definition) is 5. The van der Waals surface area contributed by atoms with Crippen molar-refractivity contribution in [1.29, 1.82) is 0 Å². The van der Waals surface area contributed by atoms with Gasteiger partial charge >= 0.3 is 0 Å². The normalized spacial score (nSPS) is 11.4. The molecule has 0 aliphatic heterocycles. The van der Waals surface area contributed by atoms with Crippen molar-refractivity contribution in [2.24, 2.45) is 0 Å². The molecule has 0 saturated carbocycles. The summed E-state index contributed by atoms with van der Waals surface area (Å²) in [6.07, 6.45) is 0.142. The van der Waals surface area contributed by atoms with E-state index in [-0.39, 0.29) is 16.5 Å². The van der Waals surface area contributed by atoms with Crippen LogP contribution in [0, 0.1) is 0 Å². The number of ether oxygens (including phenoxy) is 1. The van der Waals surface area contributed by atoms with E-state index in [1.807, 2.05) is 6.92 Å². The highest BCUT2D eigenvalue weighted by atomic mass is 35.7. The third kappa shape index (κ3) is 5.34. The molecule has 0 bridgehead atoms. The number of thiophene rings is 1. The van der Waals surface area contributed by atoms with E-state index in [0.717, 1.165) is 11.3 Å². The first-order valence-electron chi connectivity index (χ1n) is 5.31. The molecule has 0 unspecified atom stereocenters. The molecule has 1 amide bonds. The molecule has 8 heteroatoms. The van der Waals surface area contributed by atoms with Gasteiger partial charge in [0.2, 0.25) is 5.91 Å². The average molecular weight is 312 g/mol. The summed E-state index contributed by atoms with van der Waals surface area (Å²) in [5.41, 5.74) is 0. The van der Waals surface area contributed by atoms with Crippen LogP contribution >= 0.6 is 22.0 Å². The molecule has 1 rings (SSSR count). The third-order valence-corrected chi connectivity index (χ3v) is 5.16. The van der Waals surface area contributed by atoms with Gasteiger partial charge in [0.1, 0.15) is 4.21 Å². The van der Waals surface area contributed by atoms with Gasteiger partial charge in [-0.25, -0.2) is 8.42 Å². The summed E-state index contributed by atoms with van der Waals surface area (Å²) in [6.45, 7) is 3.39. The molecule has 1 aromatic rings.